The Bertz CT molecular complexity index is 646. The van der Waals surface area contributed by atoms with Gasteiger partial charge in [0.2, 0.25) is 0 Å². The van der Waals surface area contributed by atoms with Crippen molar-refractivity contribution in [3.05, 3.63) is 28.8 Å². The molecule has 29 heavy (non-hydrogen) atoms. The van der Waals surface area contributed by atoms with E-state index in [0.29, 0.717) is 18.3 Å². The molecule has 2 aliphatic heterocycles. The lowest BCUT2D eigenvalue weighted by Crippen LogP contribution is -2.49. The first-order valence-corrected chi connectivity index (χ1v) is 10.7. The van der Waals surface area contributed by atoms with Crippen LogP contribution in [0.25, 0.3) is 0 Å². The van der Waals surface area contributed by atoms with Crippen molar-refractivity contribution in [1.82, 2.24) is 15.5 Å². The number of phenolic OH excluding ortho intramolecular Hbond substituents is 1. The highest BCUT2D eigenvalue weighted by atomic mass is 127. The molecule has 0 amide bonds. The smallest absolute Gasteiger partial charge is 0.191 e. The summed E-state index contributed by atoms with van der Waals surface area (Å²) < 4.78 is 5.51. The summed E-state index contributed by atoms with van der Waals surface area (Å²) in [5, 5.41) is 16.9. The number of phenols is 1. The first-order valence-electron chi connectivity index (χ1n) is 10.7. The van der Waals surface area contributed by atoms with Crippen LogP contribution in [0, 0.1) is 19.8 Å². The van der Waals surface area contributed by atoms with Gasteiger partial charge in [0.1, 0.15) is 5.75 Å². The van der Waals surface area contributed by atoms with Crippen LogP contribution in [-0.2, 0) is 11.3 Å². The van der Waals surface area contributed by atoms with Gasteiger partial charge in [-0.3, -0.25) is 0 Å². The lowest BCUT2D eigenvalue weighted by atomic mass is 10.0. The minimum atomic E-state index is 0. The summed E-state index contributed by atoms with van der Waals surface area (Å²) in [6.45, 7) is 12.8. The molecule has 1 unspecified atom stereocenters. The third-order valence-corrected chi connectivity index (χ3v) is 5.78. The molecule has 3 N–H and O–H groups in total. The second-order valence-corrected chi connectivity index (χ2v) is 8.22. The third kappa shape index (κ3) is 7.29. The van der Waals surface area contributed by atoms with Crippen LogP contribution < -0.4 is 10.6 Å². The van der Waals surface area contributed by atoms with E-state index in [4.69, 9.17) is 9.73 Å². The van der Waals surface area contributed by atoms with Gasteiger partial charge in [0.25, 0.3) is 0 Å². The summed E-state index contributed by atoms with van der Waals surface area (Å²) in [4.78, 5) is 7.36. The Hall–Kier alpha value is -1.06. The summed E-state index contributed by atoms with van der Waals surface area (Å²) in [5.74, 6) is 1.99. The minimum Gasteiger partial charge on any atom is -0.507 e. The van der Waals surface area contributed by atoms with Gasteiger partial charge in [-0.1, -0.05) is 12.1 Å². The monoisotopic (exact) mass is 516 g/mol. The van der Waals surface area contributed by atoms with Gasteiger partial charge in [0.05, 0.1) is 13.2 Å². The number of rotatable bonds is 6. The van der Waals surface area contributed by atoms with E-state index in [1.807, 2.05) is 26.0 Å². The van der Waals surface area contributed by atoms with Crippen LogP contribution in [0.4, 0.5) is 0 Å². The molecule has 2 saturated heterocycles. The lowest BCUT2D eigenvalue weighted by molar-refractivity contribution is 0.150. The van der Waals surface area contributed by atoms with Gasteiger partial charge in [-0.2, -0.15) is 0 Å². The average Bonchev–Trinajstić information content (AvgIpc) is 3.19. The van der Waals surface area contributed by atoms with Crippen molar-refractivity contribution < 1.29 is 9.84 Å². The predicted molar refractivity (Wildman–Crippen MR) is 129 cm³/mol. The fourth-order valence-electron chi connectivity index (χ4n) is 4.17. The summed E-state index contributed by atoms with van der Waals surface area (Å²) >= 11 is 0. The van der Waals surface area contributed by atoms with E-state index in [9.17, 15) is 5.11 Å². The van der Waals surface area contributed by atoms with Crippen molar-refractivity contribution in [2.24, 2.45) is 10.9 Å². The molecule has 2 heterocycles. The first kappa shape index (κ1) is 24.2. The number of ether oxygens (including phenoxy) is 1. The lowest BCUT2D eigenvalue weighted by Gasteiger charge is -2.34. The fraction of sp³-hybridized carbons (Fsp3) is 0.682. The number of guanidine groups is 1. The van der Waals surface area contributed by atoms with Gasteiger partial charge in [-0.25, -0.2) is 4.99 Å². The Morgan fingerprint density at radius 3 is 2.48 bits per heavy atom. The molecule has 1 aromatic carbocycles. The van der Waals surface area contributed by atoms with Gasteiger partial charge in [0, 0.05) is 38.8 Å². The number of aliphatic imine (C=N–C) groups is 1. The molecule has 3 rings (SSSR count). The average molecular weight is 516 g/mol. The van der Waals surface area contributed by atoms with Gasteiger partial charge >= 0.3 is 0 Å². The fourth-order valence-corrected chi connectivity index (χ4v) is 4.17. The topological polar surface area (TPSA) is 69.1 Å². The number of halogens is 1. The van der Waals surface area contributed by atoms with E-state index >= 15 is 0 Å². The van der Waals surface area contributed by atoms with Gasteiger partial charge < -0.3 is 25.4 Å². The molecule has 0 spiro atoms. The normalized spacial score (nSPS) is 21.1. The molecule has 6 nitrogen and oxygen atoms in total. The molecule has 0 aromatic heterocycles. The highest BCUT2D eigenvalue weighted by Crippen LogP contribution is 2.23. The second kappa shape index (κ2) is 12.0. The van der Waals surface area contributed by atoms with Crippen molar-refractivity contribution >= 4 is 29.9 Å². The molecule has 1 aromatic rings. The Morgan fingerprint density at radius 2 is 1.90 bits per heavy atom. The summed E-state index contributed by atoms with van der Waals surface area (Å²) in [6, 6.07) is 4.50. The standard InChI is InChI=1S/C22H36N4O2.HI/c1-4-23-22(24-13-19-11-16(2)21(27)17(3)12-19)25-20-5-8-26(9-6-20)14-18-7-10-28-15-18;/h11-12,18,20,27H,4-10,13-15H2,1-3H3,(H2,23,24,25);1H. The summed E-state index contributed by atoms with van der Waals surface area (Å²) in [5.41, 5.74) is 2.94. The highest BCUT2D eigenvalue weighted by molar-refractivity contribution is 14.0. The second-order valence-electron chi connectivity index (χ2n) is 8.22. The molecular formula is C22H37IN4O2. The number of piperidine rings is 1. The van der Waals surface area contributed by atoms with Crippen LogP contribution in [0.3, 0.4) is 0 Å². The zero-order valence-electron chi connectivity index (χ0n) is 18.0. The van der Waals surface area contributed by atoms with Crippen molar-refractivity contribution in [1.29, 1.82) is 0 Å². The molecular weight excluding hydrogens is 479 g/mol. The summed E-state index contributed by atoms with van der Waals surface area (Å²) in [6.07, 6.45) is 3.51. The predicted octanol–water partition coefficient (Wildman–Crippen LogP) is 3.18. The van der Waals surface area contributed by atoms with E-state index in [2.05, 4.69) is 22.5 Å². The van der Waals surface area contributed by atoms with Crippen LogP contribution in [0.5, 0.6) is 5.75 Å². The van der Waals surface area contributed by atoms with E-state index in [-0.39, 0.29) is 24.0 Å². The maximum Gasteiger partial charge on any atom is 0.191 e. The molecule has 2 fully saturated rings. The molecule has 0 aliphatic carbocycles. The number of nitrogens with one attached hydrogen (secondary N) is 2. The number of likely N-dealkylation sites (tertiary alicyclic amines) is 1. The van der Waals surface area contributed by atoms with Crippen molar-refractivity contribution in [2.45, 2.75) is 52.6 Å². The maximum atomic E-state index is 9.95. The Kier molecular flexibility index (Phi) is 9.98. The van der Waals surface area contributed by atoms with Crippen LogP contribution >= 0.6 is 24.0 Å². The quantitative estimate of drug-likeness (QED) is 0.308. The van der Waals surface area contributed by atoms with E-state index in [1.54, 1.807) is 0 Å². The molecule has 164 valence electrons. The third-order valence-electron chi connectivity index (χ3n) is 5.78. The van der Waals surface area contributed by atoms with Gasteiger partial charge in [-0.05, 0) is 62.6 Å². The number of benzene rings is 1. The molecule has 0 radical (unpaired) electrons. The van der Waals surface area contributed by atoms with E-state index in [1.165, 1.54) is 13.0 Å². The highest BCUT2D eigenvalue weighted by Gasteiger charge is 2.24. The molecule has 0 saturated carbocycles. The van der Waals surface area contributed by atoms with Crippen LogP contribution in [-0.4, -0.2) is 61.4 Å². The van der Waals surface area contributed by atoms with Crippen LogP contribution in [0.15, 0.2) is 17.1 Å². The van der Waals surface area contributed by atoms with Crippen molar-refractivity contribution in [2.75, 3.05) is 39.4 Å². The zero-order valence-corrected chi connectivity index (χ0v) is 20.4. The Morgan fingerprint density at radius 1 is 1.21 bits per heavy atom. The number of aryl methyl sites for hydroxylation is 2. The zero-order chi connectivity index (χ0) is 19.9. The van der Waals surface area contributed by atoms with Crippen LogP contribution in [0.2, 0.25) is 0 Å². The van der Waals surface area contributed by atoms with Crippen molar-refractivity contribution in [3.8, 4) is 5.75 Å². The first-order chi connectivity index (χ1) is 13.5. The molecule has 0 bridgehead atoms. The van der Waals surface area contributed by atoms with Crippen molar-refractivity contribution in [3.63, 3.8) is 0 Å². The summed E-state index contributed by atoms with van der Waals surface area (Å²) in [7, 11) is 0. The van der Waals surface area contributed by atoms with E-state index < -0.39 is 0 Å². The Labute approximate surface area is 192 Å². The van der Waals surface area contributed by atoms with Gasteiger partial charge in [0.15, 0.2) is 5.96 Å². The Balaban J connectivity index is 0.00000300. The molecule has 2 aliphatic rings. The van der Waals surface area contributed by atoms with E-state index in [0.717, 1.165) is 74.3 Å². The largest absolute Gasteiger partial charge is 0.507 e. The SMILES string of the molecule is CCNC(=NCc1cc(C)c(O)c(C)c1)NC1CCN(CC2CCOC2)CC1.I. The van der Waals surface area contributed by atoms with Gasteiger partial charge in [-0.15, -0.1) is 24.0 Å². The number of nitrogens with zero attached hydrogens (tertiary/aromatic N) is 2. The minimum absolute atomic E-state index is 0. The number of aromatic hydroxyl groups is 1. The maximum absolute atomic E-state index is 9.95. The number of hydrogen-bond acceptors (Lipinski definition) is 4. The van der Waals surface area contributed by atoms with Crippen LogP contribution in [0.1, 0.15) is 42.9 Å². The number of hydrogen-bond donors (Lipinski definition) is 3. The molecule has 7 heteroatoms. The molecule has 1 atom stereocenters.